The minimum Gasteiger partial charge on any atom is -0.475 e. The van der Waals surface area contributed by atoms with Crippen LogP contribution in [0.3, 0.4) is 0 Å². The molecule has 0 spiro atoms. The quantitative estimate of drug-likeness (QED) is 0.371. The van der Waals surface area contributed by atoms with Crippen molar-refractivity contribution in [2.45, 2.75) is 63.6 Å². The molecule has 1 saturated heterocycles. The highest BCUT2D eigenvalue weighted by atomic mass is 35.5. The standard InChI is InChI=1S/C27H32ClN3O3.C2HF3O2/c28-22-11-7-19(8-12-22)25(32)30-24-13-9-21(10-14-24)27(34)31-17-15-20(16-18-31)26(33)29-23-5-3-1-2-4-6-23;3-2(4,5)1(6)7/h7-14,20,23H,1-6,15-18H2,(H,29,33)(H,30,32);(H,6,7). The summed E-state index contributed by atoms with van der Waals surface area (Å²) in [6.07, 6.45) is 3.39. The van der Waals surface area contributed by atoms with E-state index in [-0.39, 0.29) is 23.6 Å². The van der Waals surface area contributed by atoms with Crippen LogP contribution in [0.15, 0.2) is 48.5 Å². The summed E-state index contributed by atoms with van der Waals surface area (Å²) in [4.78, 5) is 48.7. The van der Waals surface area contributed by atoms with E-state index in [1.54, 1.807) is 48.5 Å². The molecule has 4 rings (SSSR count). The second-order valence-corrected chi connectivity index (χ2v) is 10.5. The van der Waals surface area contributed by atoms with E-state index in [0.29, 0.717) is 53.8 Å². The van der Waals surface area contributed by atoms with E-state index in [1.165, 1.54) is 25.7 Å². The molecule has 0 aromatic heterocycles. The number of carbonyl (C=O) groups excluding carboxylic acids is 3. The van der Waals surface area contributed by atoms with Gasteiger partial charge in [0.25, 0.3) is 11.8 Å². The first-order valence-corrected chi connectivity index (χ1v) is 13.9. The molecule has 2 aliphatic rings. The summed E-state index contributed by atoms with van der Waals surface area (Å²) in [6.45, 7) is 1.16. The van der Waals surface area contributed by atoms with Crippen LogP contribution in [0.2, 0.25) is 5.02 Å². The first-order valence-electron chi connectivity index (χ1n) is 13.5. The van der Waals surface area contributed by atoms with Crippen LogP contribution in [0.1, 0.15) is 72.1 Å². The van der Waals surface area contributed by atoms with Crippen molar-refractivity contribution in [2.24, 2.45) is 5.92 Å². The van der Waals surface area contributed by atoms with E-state index in [2.05, 4.69) is 10.6 Å². The molecule has 2 fully saturated rings. The number of nitrogens with zero attached hydrogens (tertiary/aromatic N) is 1. The van der Waals surface area contributed by atoms with Gasteiger partial charge in [0.05, 0.1) is 0 Å². The highest BCUT2D eigenvalue weighted by Gasteiger charge is 2.38. The van der Waals surface area contributed by atoms with Crippen molar-refractivity contribution in [1.29, 1.82) is 0 Å². The van der Waals surface area contributed by atoms with Gasteiger partial charge in [0.2, 0.25) is 5.91 Å². The number of hydrogen-bond acceptors (Lipinski definition) is 4. The van der Waals surface area contributed by atoms with Crippen molar-refractivity contribution in [1.82, 2.24) is 10.2 Å². The molecule has 0 unspecified atom stereocenters. The molecule has 222 valence electrons. The number of likely N-dealkylation sites (tertiary alicyclic amines) is 1. The lowest BCUT2D eigenvalue weighted by atomic mass is 9.94. The molecule has 0 bridgehead atoms. The Kier molecular flexibility index (Phi) is 11.6. The summed E-state index contributed by atoms with van der Waals surface area (Å²) in [5.74, 6) is -2.90. The molecule has 12 heteroatoms. The molecule has 2 aromatic carbocycles. The number of amides is 3. The van der Waals surface area contributed by atoms with Crippen LogP contribution >= 0.6 is 11.6 Å². The molecular weight excluding hydrogens is 563 g/mol. The van der Waals surface area contributed by atoms with E-state index < -0.39 is 12.1 Å². The zero-order valence-electron chi connectivity index (χ0n) is 22.4. The number of carboxylic acids is 1. The zero-order valence-corrected chi connectivity index (χ0v) is 23.1. The van der Waals surface area contributed by atoms with E-state index in [9.17, 15) is 27.6 Å². The number of rotatable bonds is 5. The molecule has 41 heavy (non-hydrogen) atoms. The Labute approximate surface area is 241 Å². The normalized spacial score (nSPS) is 16.5. The third kappa shape index (κ3) is 10.1. The maximum absolute atomic E-state index is 12.9. The summed E-state index contributed by atoms with van der Waals surface area (Å²) in [6, 6.07) is 13.9. The summed E-state index contributed by atoms with van der Waals surface area (Å²) in [5.41, 5.74) is 1.70. The Hall–Kier alpha value is -3.60. The molecule has 1 aliphatic carbocycles. The molecule has 1 saturated carbocycles. The maximum Gasteiger partial charge on any atom is 0.490 e. The number of alkyl halides is 3. The van der Waals surface area contributed by atoms with Crippen LogP contribution in [0, 0.1) is 5.92 Å². The van der Waals surface area contributed by atoms with Gasteiger partial charge in [-0.25, -0.2) is 4.79 Å². The number of benzene rings is 2. The predicted molar refractivity (Wildman–Crippen MR) is 148 cm³/mol. The zero-order chi connectivity index (χ0) is 30.0. The van der Waals surface area contributed by atoms with Gasteiger partial charge in [0.1, 0.15) is 0 Å². The molecule has 3 N–H and O–H groups in total. The minimum absolute atomic E-state index is 0.0160. The van der Waals surface area contributed by atoms with Crippen LogP contribution in [-0.4, -0.2) is 59.0 Å². The van der Waals surface area contributed by atoms with Gasteiger partial charge < -0.3 is 20.6 Å². The van der Waals surface area contributed by atoms with Gasteiger partial charge in [-0.3, -0.25) is 14.4 Å². The lowest BCUT2D eigenvalue weighted by molar-refractivity contribution is -0.192. The van der Waals surface area contributed by atoms with Crippen LogP contribution in [0.5, 0.6) is 0 Å². The molecular formula is C29H33ClF3N3O5. The second-order valence-electron chi connectivity index (χ2n) is 10.1. The lowest BCUT2D eigenvalue weighted by Crippen LogP contribution is -2.45. The van der Waals surface area contributed by atoms with Crippen molar-refractivity contribution < 1.29 is 37.5 Å². The van der Waals surface area contributed by atoms with Crippen molar-refractivity contribution in [2.75, 3.05) is 18.4 Å². The summed E-state index contributed by atoms with van der Waals surface area (Å²) >= 11 is 5.87. The van der Waals surface area contributed by atoms with Crippen molar-refractivity contribution >= 4 is 41.0 Å². The third-order valence-corrected chi connectivity index (χ3v) is 7.35. The van der Waals surface area contributed by atoms with E-state index >= 15 is 0 Å². The Bertz CT molecular complexity index is 1190. The number of aliphatic carboxylic acids is 1. The number of halogens is 4. The van der Waals surface area contributed by atoms with E-state index in [4.69, 9.17) is 21.5 Å². The SMILES string of the molecule is O=C(Nc1ccc(C(=O)N2CCC(C(=O)NC3CCCCCC3)CC2)cc1)c1ccc(Cl)cc1.O=C(O)C(F)(F)F. The highest BCUT2D eigenvalue weighted by molar-refractivity contribution is 6.30. The largest absolute Gasteiger partial charge is 0.490 e. The van der Waals surface area contributed by atoms with Gasteiger partial charge in [-0.05, 0) is 74.2 Å². The van der Waals surface area contributed by atoms with E-state index in [0.717, 1.165) is 12.8 Å². The van der Waals surface area contributed by atoms with Crippen molar-refractivity contribution in [3.05, 3.63) is 64.7 Å². The fourth-order valence-electron chi connectivity index (χ4n) is 4.77. The number of carbonyl (C=O) groups is 4. The highest BCUT2D eigenvalue weighted by Crippen LogP contribution is 2.23. The minimum atomic E-state index is -5.08. The molecule has 1 aliphatic heterocycles. The molecule has 1 heterocycles. The lowest BCUT2D eigenvalue weighted by Gasteiger charge is -2.32. The maximum atomic E-state index is 12.9. The Balaban J connectivity index is 0.000000587. The van der Waals surface area contributed by atoms with Gasteiger partial charge in [0, 0.05) is 46.9 Å². The van der Waals surface area contributed by atoms with Crippen LogP contribution in [0.4, 0.5) is 18.9 Å². The van der Waals surface area contributed by atoms with Gasteiger partial charge in [-0.2, -0.15) is 13.2 Å². The van der Waals surface area contributed by atoms with Crippen LogP contribution in [-0.2, 0) is 9.59 Å². The number of nitrogens with one attached hydrogen (secondary N) is 2. The number of anilines is 1. The molecule has 8 nitrogen and oxygen atoms in total. The molecule has 0 radical (unpaired) electrons. The first-order chi connectivity index (χ1) is 19.4. The van der Waals surface area contributed by atoms with Gasteiger partial charge >= 0.3 is 12.1 Å². The second kappa shape index (κ2) is 14.9. The monoisotopic (exact) mass is 595 g/mol. The molecule has 3 amide bonds. The third-order valence-electron chi connectivity index (χ3n) is 7.09. The average Bonchev–Trinajstić information content (AvgIpc) is 3.22. The topological polar surface area (TPSA) is 116 Å². The molecule has 0 atom stereocenters. The number of carboxylic acid groups (broad SMARTS) is 1. The fourth-order valence-corrected chi connectivity index (χ4v) is 4.90. The average molecular weight is 596 g/mol. The van der Waals surface area contributed by atoms with Crippen molar-refractivity contribution in [3.8, 4) is 0 Å². The van der Waals surface area contributed by atoms with Gasteiger partial charge in [-0.1, -0.05) is 37.3 Å². The van der Waals surface area contributed by atoms with Crippen LogP contribution in [0.25, 0.3) is 0 Å². The Morgan fingerprint density at radius 1 is 0.805 bits per heavy atom. The number of hydrogen-bond donors (Lipinski definition) is 3. The Morgan fingerprint density at radius 3 is 1.83 bits per heavy atom. The summed E-state index contributed by atoms with van der Waals surface area (Å²) in [7, 11) is 0. The van der Waals surface area contributed by atoms with E-state index in [1.807, 2.05) is 4.90 Å². The van der Waals surface area contributed by atoms with Crippen LogP contribution < -0.4 is 10.6 Å². The van der Waals surface area contributed by atoms with Gasteiger partial charge in [-0.15, -0.1) is 0 Å². The summed E-state index contributed by atoms with van der Waals surface area (Å²) < 4.78 is 31.7. The first kappa shape index (κ1) is 31.9. The number of piperidine rings is 1. The Morgan fingerprint density at radius 2 is 1.32 bits per heavy atom. The fraction of sp³-hybridized carbons (Fsp3) is 0.448. The van der Waals surface area contributed by atoms with Gasteiger partial charge in [0.15, 0.2) is 0 Å². The summed E-state index contributed by atoms with van der Waals surface area (Å²) in [5, 5.41) is 13.8. The predicted octanol–water partition coefficient (Wildman–Crippen LogP) is 5.92. The smallest absolute Gasteiger partial charge is 0.475 e. The molecule has 2 aromatic rings. The van der Waals surface area contributed by atoms with Crippen molar-refractivity contribution in [3.63, 3.8) is 0 Å².